The van der Waals surface area contributed by atoms with Crippen LogP contribution in [-0.4, -0.2) is 25.4 Å². The zero-order chi connectivity index (χ0) is 15.1. The Balaban J connectivity index is 0.00000132. The molecule has 1 aromatic carbocycles. The van der Waals surface area contributed by atoms with Crippen LogP contribution in [0.1, 0.15) is 11.9 Å². The summed E-state index contributed by atoms with van der Waals surface area (Å²) in [6, 6.07) is 5.69. The number of nitrogen functional groups attached to an aromatic ring is 1. The molecular weight excluding hydrogens is 306 g/mol. The standard InChI is InChI=1S/C13H8ClFN4O2.Li.H/c14-10-9(6-2-1-3-7(15)4-6)18-11(16)12-17-8(13(20)21)5-19(10)12;;/h1-5H,(H2,16,18)(H,20,21);;/q;+1;-1. The number of anilines is 1. The number of benzene rings is 1. The molecule has 3 N–H and O–H groups in total. The van der Waals surface area contributed by atoms with E-state index in [9.17, 15) is 9.18 Å². The molecule has 9 heteroatoms. The first kappa shape index (κ1) is 16.3. The van der Waals surface area contributed by atoms with Crippen molar-refractivity contribution in [2.24, 2.45) is 0 Å². The van der Waals surface area contributed by atoms with Crippen molar-refractivity contribution in [3.05, 3.63) is 47.1 Å². The average Bonchev–Trinajstić information content (AvgIpc) is 2.89. The Morgan fingerprint density at radius 2 is 2.14 bits per heavy atom. The van der Waals surface area contributed by atoms with Gasteiger partial charge in [-0.1, -0.05) is 23.7 Å². The smallest absolute Gasteiger partial charge is 1.00 e. The predicted octanol–water partition coefficient (Wildman–Crippen LogP) is -0.414. The molecule has 2 aromatic heterocycles. The summed E-state index contributed by atoms with van der Waals surface area (Å²) in [5.41, 5.74) is 6.38. The number of aromatic carboxylic acids is 1. The van der Waals surface area contributed by atoms with Gasteiger partial charge in [-0.3, -0.25) is 4.40 Å². The minimum absolute atomic E-state index is 0. The van der Waals surface area contributed by atoms with Crippen LogP contribution in [0.2, 0.25) is 5.15 Å². The second-order valence-corrected chi connectivity index (χ2v) is 4.63. The molecule has 3 aromatic rings. The maximum Gasteiger partial charge on any atom is 1.00 e. The van der Waals surface area contributed by atoms with E-state index in [1.165, 1.54) is 28.8 Å². The Morgan fingerprint density at radius 1 is 1.41 bits per heavy atom. The summed E-state index contributed by atoms with van der Waals surface area (Å²) in [5, 5.41) is 9.06. The molecule has 108 valence electrons. The van der Waals surface area contributed by atoms with Crippen molar-refractivity contribution in [3.8, 4) is 11.3 Å². The number of nitrogens with zero attached hydrogens (tertiary/aromatic N) is 3. The Bertz CT molecular complexity index is 890. The molecule has 0 bridgehead atoms. The Kier molecular flexibility index (Phi) is 4.42. The minimum atomic E-state index is -1.21. The van der Waals surface area contributed by atoms with Crippen molar-refractivity contribution >= 4 is 29.0 Å². The first-order chi connectivity index (χ1) is 9.97. The van der Waals surface area contributed by atoms with Crippen molar-refractivity contribution in [2.75, 3.05) is 5.73 Å². The van der Waals surface area contributed by atoms with Crippen LogP contribution in [0.3, 0.4) is 0 Å². The van der Waals surface area contributed by atoms with E-state index >= 15 is 0 Å². The fourth-order valence-electron chi connectivity index (χ4n) is 1.96. The molecular formula is C13H9ClFLiN4O2. The van der Waals surface area contributed by atoms with Gasteiger partial charge < -0.3 is 12.3 Å². The minimum Gasteiger partial charge on any atom is -1.00 e. The molecule has 0 amide bonds. The van der Waals surface area contributed by atoms with Gasteiger partial charge in [-0.05, 0) is 12.1 Å². The summed E-state index contributed by atoms with van der Waals surface area (Å²) in [6.07, 6.45) is 1.24. The molecule has 2 heterocycles. The Morgan fingerprint density at radius 3 is 2.77 bits per heavy atom. The topological polar surface area (TPSA) is 93.5 Å². The zero-order valence-corrected chi connectivity index (χ0v) is 12.2. The van der Waals surface area contributed by atoms with Gasteiger partial charge in [-0.25, -0.2) is 19.2 Å². The number of halogens is 2. The van der Waals surface area contributed by atoms with E-state index < -0.39 is 11.8 Å². The molecule has 0 radical (unpaired) electrons. The van der Waals surface area contributed by atoms with Gasteiger partial charge in [-0.2, -0.15) is 0 Å². The van der Waals surface area contributed by atoms with Gasteiger partial charge in [0.2, 0.25) is 0 Å². The number of hydrogen-bond donors (Lipinski definition) is 2. The van der Waals surface area contributed by atoms with Crippen molar-refractivity contribution in [2.45, 2.75) is 0 Å². The summed E-state index contributed by atoms with van der Waals surface area (Å²) in [7, 11) is 0. The van der Waals surface area contributed by atoms with Gasteiger partial charge in [0.15, 0.2) is 17.2 Å². The van der Waals surface area contributed by atoms with Crippen LogP contribution < -0.4 is 24.6 Å². The van der Waals surface area contributed by atoms with Crippen LogP contribution in [0, 0.1) is 5.82 Å². The average molecular weight is 315 g/mol. The molecule has 0 aliphatic heterocycles. The first-order valence-electron chi connectivity index (χ1n) is 5.80. The SMILES string of the molecule is Nc1nc(-c2cccc(F)c2)c(Cl)n2cc(C(=O)O)nc12.[H-].[Li+]. The molecule has 0 fully saturated rings. The number of aromatic nitrogens is 3. The quantitative estimate of drug-likeness (QED) is 0.627. The molecule has 0 atom stereocenters. The number of nitrogens with two attached hydrogens (primary N) is 1. The van der Waals surface area contributed by atoms with E-state index in [2.05, 4.69) is 9.97 Å². The zero-order valence-electron chi connectivity index (χ0n) is 12.4. The summed E-state index contributed by atoms with van der Waals surface area (Å²) in [5.74, 6) is -1.64. The van der Waals surface area contributed by atoms with Crippen LogP contribution in [0.5, 0.6) is 0 Å². The van der Waals surface area contributed by atoms with E-state index in [-0.39, 0.29) is 48.3 Å². The summed E-state index contributed by atoms with van der Waals surface area (Å²) >= 11 is 6.21. The number of carboxylic acid groups (broad SMARTS) is 1. The van der Waals surface area contributed by atoms with Crippen LogP contribution in [0.4, 0.5) is 10.2 Å². The van der Waals surface area contributed by atoms with Crippen molar-refractivity contribution < 1.29 is 34.6 Å². The number of rotatable bonds is 2. The number of carboxylic acids is 1. The fraction of sp³-hybridized carbons (Fsp3) is 0. The number of imidazole rings is 1. The number of fused-ring (bicyclic) bond motifs is 1. The molecule has 3 rings (SSSR count). The Labute approximate surface area is 142 Å². The predicted molar refractivity (Wildman–Crippen MR) is 75.9 cm³/mol. The molecule has 0 saturated heterocycles. The molecule has 0 unspecified atom stereocenters. The van der Waals surface area contributed by atoms with E-state index in [1.807, 2.05) is 0 Å². The van der Waals surface area contributed by atoms with Gasteiger partial charge >= 0.3 is 24.8 Å². The van der Waals surface area contributed by atoms with Gasteiger partial charge in [0.05, 0.1) is 0 Å². The maximum atomic E-state index is 13.3. The van der Waals surface area contributed by atoms with Crippen LogP contribution in [0.25, 0.3) is 16.9 Å². The molecule has 0 aliphatic rings. The maximum absolute atomic E-state index is 13.3. The van der Waals surface area contributed by atoms with Gasteiger partial charge in [0.25, 0.3) is 0 Å². The third kappa shape index (κ3) is 2.66. The van der Waals surface area contributed by atoms with Crippen LogP contribution in [0.15, 0.2) is 30.5 Å². The van der Waals surface area contributed by atoms with Crippen LogP contribution >= 0.6 is 11.6 Å². The van der Waals surface area contributed by atoms with Crippen molar-refractivity contribution in [1.82, 2.24) is 14.4 Å². The van der Waals surface area contributed by atoms with E-state index in [0.717, 1.165) is 0 Å². The molecule has 0 saturated carbocycles. The Hall–Kier alpha value is -2.07. The van der Waals surface area contributed by atoms with E-state index in [4.69, 9.17) is 22.4 Å². The van der Waals surface area contributed by atoms with E-state index in [0.29, 0.717) is 5.56 Å². The van der Waals surface area contributed by atoms with Gasteiger partial charge in [0.1, 0.15) is 16.7 Å². The summed E-state index contributed by atoms with van der Waals surface area (Å²) in [4.78, 5) is 18.9. The molecule has 0 spiro atoms. The monoisotopic (exact) mass is 314 g/mol. The van der Waals surface area contributed by atoms with Crippen molar-refractivity contribution in [1.29, 1.82) is 0 Å². The number of carbonyl (C=O) groups is 1. The van der Waals surface area contributed by atoms with Gasteiger partial charge in [-0.15, -0.1) is 0 Å². The molecule has 6 nitrogen and oxygen atoms in total. The first-order valence-corrected chi connectivity index (χ1v) is 6.18. The third-order valence-electron chi connectivity index (χ3n) is 2.89. The fourth-order valence-corrected chi connectivity index (χ4v) is 2.24. The second kappa shape index (κ2) is 5.97. The van der Waals surface area contributed by atoms with E-state index in [1.54, 1.807) is 6.07 Å². The largest absolute Gasteiger partial charge is 1.00 e. The molecule has 0 aliphatic carbocycles. The summed E-state index contributed by atoms with van der Waals surface area (Å²) in [6.45, 7) is 0. The van der Waals surface area contributed by atoms with Gasteiger partial charge in [0, 0.05) is 11.8 Å². The van der Waals surface area contributed by atoms with Crippen LogP contribution in [-0.2, 0) is 0 Å². The normalized spacial score (nSPS) is 10.5. The summed E-state index contributed by atoms with van der Waals surface area (Å²) < 4.78 is 14.6. The molecule has 22 heavy (non-hydrogen) atoms. The second-order valence-electron chi connectivity index (χ2n) is 4.27. The van der Waals surface area contributed by atoms with Crippen molar-refractivity contribution in [3.63, 3.8) is 0 Å². The number of hydrogen-bond acceptors (Lipinski definition) is 4. The third-order valence-corrected chi connectivity index (χ3v) is 3.25.